The van der Waals surface area contributed by atoms with Crippen LogP contribution < -0.4 is 0 Å². The molecular formula is C13H21NO4. The molecule has 0 N–H and O–H groups in total. The van der Waals surface area contributed by atoms with E-state index in [1.807, 2.05) is 19.9 Å². The summed E-state index contributed by atoms with van der Waals surface area (Å²) in [5, 5.41) is 8.59. The molecule has 18 heavy (non-hydrogen) atoms. The molecule has 5 heteroatoms. The molecule has 0 aromatic heterocycles. The Morgan fingerprint density at radius 3 is 2.61 bits per heavy atom. The van der Waals surface area contributed by atoms with Crippen LogP contribution in [0.15, 0.2) is 11.6 Å². The summed E-state index contributed by atoms with van der Waals surface area (Å²) in [6.07, 6.45) is 4.40. The summed E-state index contributed by atoms with van der Waals surface area (Å²) in [6.45, 7) is 3.98. The second-order valence-electron chi connectivity index (χ2n) is 3.82. The van der Waals surface area contributed by atoms with Gasteiger partial charge in [-0.05, 0) is 12.8 Å². The van der Waals surface area contributed by atoms with Gasteiger partial charge in [0.25, 0.3) is 0 Å². The van der Waals surface area contributed by atoms with Crippen LogP contribution in [0.1, 0.15) is 46.0 Å². The van der Waals surface area contributed by atoms with Crippen LogP contribution in [-0.4, -0.2) is 19.4 Å². The topological polar surface area (TPSA) is 68.6 Å². The third-order valence-electron chi connectivity index (χ3n) is 2.32. The fraction of sp³-hybridized carbons (Fsp3) is 0.692. The van der Waals surface area contributed by atoms with E-state index in [4.69, 9.17) is 14.9 Å². The molecule has 102 valence electrons. The minimum absolute atomic E-state index is 0.325. The van der Waals surface area contributed by atoms with E-state index in [0.717, 1.165) is 19.3 Å². The highest BCUT2D eigenvalue weighted by Crippen LogP contribution is 2.11. The predicted molar refractivity (Wildman–Crippen MR) is 66.1 cm³/mol. The van der Waals surface area contributed by atoms with Crippen LogP contribution in [0.4, 0.5) is 0 Å². The summed E-state index contributed by atoms with van der Waals surface area (Å²) in [5.41, 5.74) is 0.325. The molecule has 0 aliphatic carbocycles. The largest absolute Gasteiger partial charge is 0.369 e. The Kier molecular flexibility index (Phi) is 9.93. The van der Waals surface area contributed by atoms with Crippen LogP contribution in [0.3, 0.4) is 0 Å². The number of nitriles is 1. The molecule has 0 saturated carbocycles. The summed E-state index contributed by atoms with van der Waals surface area (Å²) in [6, 6.07) is 1.83. The highest BCUT2D eigenvalue weighted by Gasteiger charge is 2.15. The third-order valence-corrected chi connectivity index (χ3v) is 2.32. The van der Waals surface area contributed by atoms with Crippen molar-refractivity contribution in [3.63, 3.8) is 0 Å². The smallest absolute Gasteiger partial charge is 0.352 e. The lowest BCUT2D eigenvalue weighted by Gasteiger charge is -2.13. The normalized spacial score (nSPS) is 12.9. The van der Waals surface area contributed by atoms with Gasteiger partial charge in [0.15, 0.2) is 0 Å². The van der Waals surface area contributed by atoms with E-state index in [-0.39, 0.29) is 0 Å². The Hall–Kier alpha value is -1.38. The van der Waals surface area contributed by atoms with E-state index in [0.29, 0.717) is 18.4 Å². The van der Waals surface area contributed by atoms with E-state index >= 15 is 0 Å². The molecular weight excluding hydrogens is 234 g/mol. The first-order chi connectivity index (χ1) is 8.69. The van der Waals surface area contributed by atoms with Crippen molar-refractivity contribution in [1.82, 2.24) is 0 Å². The Morgan fingerprint density at radius 2 is 2.11 bits per heavy atom. The SMILES string of the molecule is CCCC/C(=C/C#N)C(=O)OOC(CCC)OC. The van der Waals surface area contributed by atoms with Gasteiger partial charge in [-0.25, -0.2) is 4.79 Å². The molecule has 0 radical (unpaired) electrons. The Morgan fingerprint density at radius 1 is 1.39 bits per heavy atom. The number of rotatable bonds is 9. The number of carbonyl (C=O) groups excluding carboxylic acids is 1. The fourth-order valence-corrected chi connectivity index (χ4v) is 1.27. The number of carbonyl (C=O) groups is 1. The highest BCUT2D eigenvalue weighted by atomic mass is 17.2. The Bertz CT molecular complexity index is 307. The number of hydrogen-bond acceptors (Lipinski definition) is 5. The molecule has 0 saturated heterocycles. The molecule has 0 aromatic carbocycles. The van der Waals surface area contributed by atoms with Crippen LogP contribution in [0.25, 0.3) is 0 Å². The maximum atomic E-state index is 11.6. The molecule has 0 spiro atoms. The second-order valence-corrected chi connectivity index (χ2v) is 3.82. The molecule has 0 fully saturated rings. The lowest BCUT2D eigenvalue weighted by Crippen LogP contribution is -2.19. The first-order valence-corrected chi connectivity index (χ1v) is 6.18. The van der Waals surface area contributed by atoms with Crippen molar-refractivity contribution >= 4 is 5.97 Å². The quantitative estimate of drug-likeness (QED) is 0.208. The van der Waals surface area contributed by atoms with Crippen molar-refractivity contribution in [3.05, 3.63) is 11.6 Å². The van der Waals surface area contributed by atoms with Gasteiger partial charge >= 0.3 is 5.97 Å². The summed E-state index contributed by atoms with van der Waals surface area (Å²) < 4.78 is 4.98. The molecule has 0 heterocycles. The highest BCUT2D eigenvalue weighted by molar-refractivity contribution is 5.88. The Balaban J connectivity index is 4.26. The number of hydrogen-bond donors (Lipinski definition) is 0. The van der Waals surface area contributed by atoms with Crippen LogP contribution in [-0.2, 0) is 19.3 Å². The summed E-state index contributed by atoms with van der Waals surface area (Å²) in [7, 11) is 1.48. The van der Waals surface area contributed by atoms with Crippen molar-refractivity contribution in [2.75, 3.05) is 7.11 Å². The standard InChI is InChI=1S/C13H21NO4/c1-4-6-8-11(9-10-14)13(15)18-17-12(16-3)7-5-2/h9,12H,4-8H2,1-3H3/b11-9-. The van der Waals surface area contributed by atoms with Crippen molar-refractivity contribution < 1.29 is 19.3 Å². The Labute approximate surface area is 108 Å². The number of ether oxygens (including phenoxy) is 1. The van der Waals surface area contributed by atoms with Crippen molar-refractivity contribution in [2.45, 2.75) is 52.2 Å². The molecule has 1 unspecified atom stereocenters. The second kappa shape index (κ2) is 10.8. The van der Waals surface area contributed by atoms with Crippen molar-refractivity contribution in [2.24, 2.45) is 0 Å². The first kappa shape index (κ1) is 16.6. The zero-order valence-corrected chi connectivity index (χ0v) is 11.3. The molecule has 0 aliphatic heterocycles. The van der Waals surface area contributed by atoms with Gasteiger partial charge in [-0.1, -0.05) is 26.7 Å². The minimum atomic E-state index is -0.622. The minimum Gasteiger partial charge on any atom is -0.352 e. The first-order valence-electron chi connectivity index (χ1n) is 6.18. The van der Waals surface area contributed by atoms with E-state index < -0.39 is 12.3 Å². The lowest BCUT2D eigenvalue weighted by molar-refractivity contribution is -0.346. The zero-order chi connectivity index (χ0) is 13.8. The molecule has 1 atom stereocenters. The molecule has 0 rings (SSSR count). The van der Waals surface area contributed by atoms with Crippen LogP contribution in [0, 0.1) is 11.3 Å². The number of nitrogens with zero attached hydrogens (tertiary/aromatic N) is 1. The van der Waals surface area contributed by atoms with Crippen LogP contribution in [0.5, 0.6) is 0 Å². The third kappa shape index (κ3) is 7.05. The fourth-order valence-electron chi connectivity index (χ4n) is 1.27. The lowest BCUT2D eigenvalue weighted by atomic mass is 10.1. The van der Waals surface area contributed by atoms with Gasteiger partial charge in [0, 0.05) is 19.6 Å². The van der Waals surface area contributed by atoms with Crippen LogP contribution >= 0.6 is 0 Å². The zero-order valence-electron chi connectivity index (χ0n) is 11.3. The van der Waals surface area contributed by atoms with Gasteiger partial charge < -0.3 is 4.74 Å². The maximum absolute atomic E-state index is 11.6. The molecule has 0 amide bonds. The van der Waals surface area contributed by atoms with Gasteiger partial charge in [-0.15, -0.1) is 0 Å². The van der Waals surface area contributed by atoms with E-state index in [1.54, 1.807) is 0 Å². The van der Waals surface area contributed by atoms with Gasteiger partial charge in [-0.3, -0.25) is 4.89 Å². The molecule has 5 nitrogen and oxygen atoms in total. The van der Waals surface area contributed by atoms with Gasteiger partial charge in [-0.2, -0.15) is 10.1 Å². The van der Waals surface area contributed by atoms with Gasteiger partial charge in [0.2, 0.25) is 6.29 Å². The summed E-state index contributed by atoms with van der Waals surface area (Å²) in [4.78, 5) is 21.2. The predicted octanol–water partition coefficient (Wildman–Crippen LogP) is 2.87. The van der Waals surface area contributed by atoms with Crippen molar-refractivity contribution in [3.8, 4) is 6.07 Å². The van der Waals surface area contributed by atoms with Crippen LogP contribution in [0.2, 0.25) is 0 Å². The maximum Gasteiger partial charge on any atom is 0.369 e. The monoisotopic (exact) mass is 255 g/mol. The van der Waals surface area contributed by atoms with E-state index in [2.05, 4.69) is 4.89 Å². The average Bonchev–Trinajstić information content (AvgIpc) is 2.39. The summed E-state index contributed by atoms with van der Waals surface area (Å²) in [5.74, 6) is -0.622. The van der Waals surface area contributed by atoms with Crippen molar-refractivity contribution in [1.29, 1.82) is 5.26 Å². The molecule has 0 bridgehead atoms. The van der Waals surface area contributed by atoms with E-state index in [1.165, 1.54) is 13.2 Å². The molecule has 0 aromatic rings. The summed E-state index contributed by atoms with van der Waals surface area (Å²) >= 11 is 0. The number of unbranched alkanes of at least 4 members (excludes halogenated alkanes) is 1. The molecule has 0 aliphatic rings. The van der Waals surface area contributed by atoms with E-state index in [9.17, 15) is 4.79 Å². The number of methoxy groups -OCH3 is 1. The average molecular weight is 255 g/mol. The van der Waals surface area contributed by atoms with Gasteiger partial charge in [0.05, 0.1) is 11.6 Å². The van der Waals surface area contributed by atoms with Gasteiger partial charge in [0.1, 0.15) is 0 Å². The number of allylic oxidation sites excluding steroid dienone is 1.